The lowest BCUT2D eigenvalue weighted by atomic mass is 9.68. The number of carbonyl (C=O) groups is 2. The first kappa shape index (κ1) is 33.0. The number of pyridine rings is 1. The maximum Gasteiger partial charge on any atom is 0.490 e. The molecule has 2 atom stereocenters. The van der Waals surface area contributed by atoms with Gasteiger partial charge in [-0.25, -0.2) is 9.59 Å². The number of carboxylic acid groups (broad SMARTS) is 2. The molecule has 222 valence electrons. The zero-order chi connectivity index (χ0) is 30.1. The van der Waals surface area contributed by atoms with Gasteiger partial charge in [0.15, 0.2) is 0 Å². The molecule has 2 saturated heterocycles. The summed E-state index contributed by atoms with van der Waals surface area (Å²) >= 11 is 0. The monoisotopic (exact) mass is 579 g/mol. The zero-order valence-corrected chi connectivity index (χ0v) is 21.6. The Labute approximate surface area is 226 Å². The summed E-state index contributed by atoms with van der Waals surface area (Å²) < 4.78 is 63.5. The van der Waals surface area contributed by atoms with Crippen molar-refractivity contribution >= 4 is 11.9 Å². The molecule has 4 rings (SSSR count). The zero-order valence-electron chi connectivity index (χ0n) is 21.6. The standard InChI is InChI=1S/C22H29N3O.2C2HF3O2/c1-18-6-5-9-21(23-18)16-24-11-10-22(19-7-3-2-4-8-19)17-25(12-13-26)15-20(22)14-24;2*3-2(4,5)1(6)7/h2-9,20,26H,10-17H2,1H3;2*(H,6,7). The Balaban J connectivity index is 0.000000333. The number of aryl methyl sites for hydroxylation is 1. The Hall–Kier alpha value is -3.23. The second-order valence-electron chi connectivity index (χ2n) is 9.54. The summed E-state index contributed by atoms with van der Waals surface area (Å²) in [5, 5.41) is 23.7. The first-order chi connectivity index (χ1) is 18.6. The fourth-order valence-corrected chi connectivity index (χ4v) is 4.97. The van der Waals surface area contributed by atoms with Crippen molar-refractivity contribution in [2.75, 3.05) is 39.3 Å². The summed E-state index contributed by atoms with van der Waals surface area (Å²) in [5.41, 5.74) is 3.96. The minimum Gasteiger partial charge on any atom is -0.475 e. The Morgan fingerprint density at radius 2 is 1.48 bits per heavy atom. The van der Waals surface area contributed by atoms with Gasteiger partial charge >= 0.3 is 24.3 Å². The molecule has 2 aromatic rings. The van der Waals surface area contributed by atoms with Crippen molar-refractivity contribution in [2.24, 2.45) is 5.92 Å². The summed E-state index contributed by atoms with van der Waals surface area (Å²) in [4.78, 5) is 27.5. The summed E-state index contributed by atoms with van der Waals surface area (Å²) in [6.07, 6.45) is -8.99. The largest absolute Gasteiger partial charge is 0.490 e. The summed E-state index contributed by atoms with van der Waals surface area (Å²) in [7, 11) is 0. The van der Waals surface area contributed by atoms with E-state index in [-0.39, 0.29) is 12.0 Å². The third-order valence-corrected chi connectivity index (χ3v) is 6.70. The number of nitrogens with zero attached hydrogens (tertiary/aromatic N) is 3. The number of aliphatic hydroxyl groups is 1. The summed E-state index contributed by atoms with van der Waals surface area (Å²) in [5.74, 6) is -4.91. The first-order valence-corrected chi connectivity index (χ1v) is 12.2. The lowest BCUT2D eigenvalue weighted by Gasteiger charge is -2.44. The molecule has 0 aliphatic carbocycles. The Morgan fingerprint density at radius 1 is 0.925 bits per heavy atom. The average molecular weight is 580 g/mol. The van der Waals surface area contributed by atoms with Gasteiger partial charge in [0.25, 0.3) is 0 Å². The molecule has 0 amide bonds. The fraction of sp³-hybridized carbons (Fsp3) is 0.500. The second kappa shape index (κ2) is 13.9. The van der Waals surface area contributed by atoms with Crippen LogP contribution in [0.3, 0.4) is 0 Å². The molecule has 2 fully saturated rings. The number of aromatic nitrogens is 1. The predicted molar refractivity (Wildman–Crippen MR) is 131 cm³/mol. The lowest BCUT2D eigenvalue weighted by molar-refractivity contribution is -0.193. The van der Waals surface area contributed by atoms with Crippen molar-refractivity contribution in [3.8, 4) is 0 Å². The normalized spacial score (nSPS) is 21.4. The van der Waals surface area contributed by atoms with E-state index in [0.29, 0.717) is 5.92 Å². The molecule has 2 unspecified atom stereocenters. The molecule has 1 aromatic heterocycles. The number of rotatable bonds is 5. The third kappa shape index (κ3) is 9.45. The highest BCUT2D eigenvalue weighted by atomic mass is 19.4. The number of carboxylic acids is 2. The van der Waals surface area contributed by atoms with Gasteiger partial charge in [-0.15, -0.1) is 0 Å². The van der Waals surface area contributed by atoms with Crippen molar-refractivity contribution in [3.63, 3.8) is 0 Å². The minimum atomic E-state index is -5.08. The molecule has 0 spiro atoms. The van der Waals surface area contributed by atoms with E-state index in [1.165, 1.54) is 17.7 Å². The molecule has 2 aliphatic heterocycles. The highest BCUT2D eigenvalue weighted by Gasteiger charge is 2.50. The van der Waals surface area contributed by atoms with E-state index in [0.717, 1.165) is 45.0 Å². The molecular formula is C26H31F6N3O5. The SMILES string of the molecule is Cc1cccc(CN2CCC3(c4ccccc4)CN(CCO)CC3C2)n1.O=C(O)C(F)(F)F.O=C(O)C(F)(F)F. The second-order valence-corrected chi connectivity index (χ2v) is 9.54. The van der Waals surface area contributed by atoms with E-state index < -0.39 is 24.3 Å². The van der Waals surface area contributed by atoms with E-state index in [1.807, 2.05) is 0 Å². The van der Waals surface area contributed by atoms with Crippen LogP contribution >= 0.6 is 0 Å². The highest BCUT2D eigenvalue weighted by molar-refractivity contribution is 5.73. The van der Waals surface area contributed by atoms with Gasteiger partial charge < -0.3 is 15.3 Å². The number of piperidine rings is 1. The molecule has 0 radical (unpaired) electrons. The van der Waals surface area contributed by atoms with E-state index in [2.05, 4.69) is 70.2 Å². The van der Waals surface area contributed by atoms with Gasteiger partial charge in [0.05, 0.1) is 12.3 Å². The summed E-state index contributed by atoms with van der Waals surface area (Å²) in [6, 6.07) is 17.3. The van der Waals surface area contributed by atoms with Gasteiger partial charge in [-0.2, -0.15) is 26.3 Å². The number of hydrogen-bond donors (Lipinski definition) is 3. The molecule has 8 nitrogen and oxygen atoms in total. The van der Waals surface area contributed by atoms with Crippen LogP contribution in [0.5, 0.6) is 0 Å². The molecule has 3 N–H and O–H groups in total. The molecule has 3 heterocycles. The molecule has 1 aromatic carbocycles. The molecule has 0 saturated carbocycles. The van der Waals surface area contributed by atoms with Crippen LogP contribution in [0.4, 0.5) is 26.3 Å². The lowest BCUT2D eigenvalue weighted by Crippen LogP contribution is -2.49. The molecular weight excluding hydrogens is 548 g/mol. The predicted octanol–water partition coefficient (Wildman–Crippen LogP) is 3.72. The van der Waals surface area contributed by atoms with Crippen molar-refractivity contribution in [3.05, 3.63) is 65.5 Å². The van der Waals surface area contributed by atoms with E-state index in [9.17, 15) is 31.4 Å². The van der Waals surface area contributed by atoms with Crippen LogP contribution in [-0.2, 0) is 21.5 Å². The van der Waals surface area contributed by atoms with Gasteiger partial charge in [-0.3, -0.25) is 14.8 Å². The maximum atomic E-state index is 10.6. The van der Waals surface area contributed by atoms with Gasteiger partial charge in [0.1, 0.15) is 0 Å². The number of aliphatic carboxylic acids is 2. The fourth-order valence-electron chi connectivity index (χ4n) is 4.97. The first-order valence-electron chi connectivity index (χ1n) is 12.2. The van der Waals surface area contributed by atoms with Crippen LogP contribution < -0.4 is 0 Å². The smallest absolute Gasteiger partial charge is 0.475 e. The summed E-state index contributed by atoms with van der Waals surface area (Å²) in [6.45, 7) is 8.37. The van der Waals surface area contributed by atoms with Crippen LogP contribution in [-0.4, -0.2) is 93.7 Å². The number of halogens is 6. The van der Waals surface area contributed by atoms with Crippen molar-refractivity contribution in [1.82, 2.24) is 14.8 Å². The van der Waals surface area contributed by atoms with E-state index >= 15 is 0 Å². The number of aliphatic hydroxyl groups excluding tert-OH is 1. The van der Waals surface area contributed by atoms with Crippen LogP contribution in [0, 0.1) is 12.8 Å². The quantitative estimate of drug-likeness (QED) is 0.460. The number of hydrogen-bond acceptors (Lipinski definition) is 6. The van der Waals surface area contributed by atoms with E-state index in [4.69, 9.17) is 19.8 Å². The van der Waals surface area contributed by atoms with Crippen LogP contribution in [0.1, 0.15) is 23.4 Å². The third-order valence-electron chi connectivity index (χ3n) is 6.70. The minimum absolute atomic E-state index is 0.229. The number of alkyl halides is 6. The molecule has 0 bridgehead atoms. The molecule has 14 heteroatoms. The van der Waals surface area contributed by atoms with Crippen molar-refractivity contribution < 1.29 is 51.3 Å². The Morgan fingerprint density at radius 3 is 1.98 bits per heavy atom. The van der Waals surface area contributed by atoms with E-state index in [1.54, 1.807) is 0 Å². The maximum absolute atomic E-state index is 10.6. The van der Waals surface area contributed by atoms with Crippen LogP contribution in [0.2, 0.25) is 0 Å². The Kier molecular flexibility index (Phi) is 11.5. The van der Waals surface area contributed by atoms with Gasteiger partial charge in [0, 0.05) is 43.8 Å². The molecule has 2 aliphatic rings. The molecule has 40 heavy (non-hydrogen) atoms. The van der Waals surface area contributed by atoms with Crippen molar-refractivity contribution in [1.29, 1.82) is 0 Å². The number of benzene rings is 1. The Bertz CT molecular complexity index is 1090. The topological polar surface area (TPSA) is 114 Å². The number of β-amino-alcohol motifs (C(OH)–C–C–N with tert-alkyl or cyclic N) is 1. The number of fused-ring (bicyclic) bond motifs is 1. The highest BCUT2D eigenvalue weighted by Crippen LogP contribution is 2.45. The van der Waals surface area contributed by atoms with Gasteiger partial charge in [-0.1, -0.05) is 36.4 Å². The average Bonchev–Trinajstić information content (AvgIpc) is 3.23. The van der Waals surface area contributed by atoms with Gasteiger partial charge in [-0.05, 0) is 43.5 Å². The van der Waals surface area contributed by atoms with Gasteiger partial charge in [0.2, 0.25) is 0 Å². The van der Waals surface area contributed by atoms with Crippen LogP contribution in [0.15, 0.2) is 48.5 Å². The number of likely N-dealkylation sites (tertiary alicyclic amines) is 2. The van der Waals surface area contributed by atoms with Crippen molar-refractivity contribution in [2.45, 2.75) is 37.7 Å². The van der Waals surface area contributed by atoms with Crippen LogP contribution in [0.25, 0.3) is 0 Å².